The van der Waals surface area contributed by atoms with Crippen molar-refractivity contribution >= 4 is 71.9 Å². The number of hydrogen-bond donors (Lipinski definition) is 1. The first kappa shape index (κ1) is 29.9. The molecular formula is C49H33N3O. The minimum absolute atomic E-state index is 0.0654. The van der Waals surface area contributed by atoms with E-state index in [9.17, 15) is 0 Å². The minimum atomic E-state index is 0.0654. The summed E-state index contributed by atoms with van der Waals surface area (Å²) in [6.07, 6.45) is 13.4. The SMILES string of the molecule is C1=CC(c2ccc3oc4c(-c5nc6ccccc6c6ccccc56)cc(-c5ccc6ccc7c(c6n5)NC(c5ccccc5)C=C7)cc4c3c2)=CCC1. The van der Waals surface area contributed by atoms with Crippen molar-refractivity contribution in [2.24, 2.45) is 0 Å². The van der Waals surface area contributed by atoms with E-state index in [1.807, 2.05) is 0 Å². The Kier molecular flexibility index (Phi) is 6.71. The molecule has 1 unspecified atom stereocenters. The topological polar surface area (TPSA) is 51.0 Å². The van der Waals surface area contributed by atoms with Gasteiger partial charge < -0.3 is 9.73 Å². The van der Waals surface area contributed by atoms with Gasteiger partial charge in [0.1, 0.15) is 11.2 Å². The van der Waals surface area contributed by atoms with Crippen LogP contribution in [0.5, 0.6) is 0 Å². The molecule has 9 aromatic rings. The molecular weight excluding hydrogens is 647 g/mol. The lowest BCUT2D eigenvalue weighted by Gasteiger charge is -2.24. The Hall–Kier alpha value is -6.78. The summed E-state index contributed by atoms with van der Waals surface area (Å²) in [5.41, 5.74) is 13.2. The van der Waals surface area contributed by atoms with Crippen molar-refractivity contribution in [3.05, 3.63) is 174 Å². The Morgan fingerprint density at radius 2 is 1.43 bits per heavy atom. The van der Waals surface area contributed by atoms with Crippen molar-refractivity contribution < 1.29 is 4.42 Å². The van der Waals surface area contributed by atoms with Crippen LogP contribution in [-0.2, 0) is 0 Å². The van der Waals surface area contributed by atoms with Crippen LogP contribution in [0.2, 0.25) is 0 Å². The van der Waals surface area contributed by atoms with Crippen LogP contribution >= 0.6 is 0 Å². The highest BCUT2D eigenvalue weighted by molar-refractivity contribution is 6.17. The molecule has 0 spiro atoms. The lowest BCUT2D eigenvalue weighted by atomic mass is 9.94. The van der Waals surface area contributed by atoms with E-state index in [0.717, 1.165) is 95.7 Å². The Bertz CT molecular complexity index is 3040. The maximum absolute atomic E-state index is 6.82. The fourth-order valence-electron chi connectivity index (χ4n) is 8.23. The van der Waals surface area contributed by atoms with Crippen molar-refractivity contribution in [2.75, 3.05) is 5.32 Å². The fourth-order valence-corrected chi connectivity index (χ4v) is 8.23. The van der Waals surface area contributed by atoms with Gasteiger partial charge in [-0.3, -0.25) is 0 Å². The van der Waals surface area contributed by atoms with Crippen molar-refractivity contribution in [3.8, 4) is 22.5 Å². The van der Waals surface area contributed by atoms with Crippen LogP contribution in [0.1, 0.15) is 35.6 Å². The highest BCUT2D eigenvalue weighted by Crippen LogP contribution is 2.43. The molecule has 11 rings (SSSR count). The molecule has 4 nitrogen and oxygen atoms in total. The standard InChI is InChI=1S/C49H33N3O/c1-3-11-30(12-4-1)34-23-26-45-39(27-34)40-28-35(29-41(49(40)53-45)48-38-17-8-7-15-36(38)37-16-9-10-18-44(37)52-48)43-25-22-33-20-19-32-21-24-42(31-13-5-2-6-14-31)50-46(32)47(33)51-43/h2-3,5-29,42,50H,1,4H2. The number of anilines is 1. The van der Waals surface area contributed by atoms with Gasteiger partial charge in [0.2, 0.25) is 0 Å². The molecule has 6 aromatic carbocycles. The predicted octanol–water partition coefficient (Wildman–Crippen LogP) is 13.1. The number of aromatic nitrogens is 2. The normalized spacial score (nSPS) is 15.3. The second kappa shape index (κ2) is 11.9. The molecule has 1 aliphatic heterocycles. The zero-order valence-corrected chi connectivity index (χ0v) is 28.9. The van der Waals surface area contributed by atoms with Crippen molar-refractivity contribution in [2.45, 2.75) is 18.9 Å². The summed E-state index contributed by atoms with van der Waals surface area (Å²) in [7, 11) is 0. The molecule has 0 saturated heterocycles. The number of nitrogens with one attached hydrogen (secondary N) is 1. The first-order valence-electron chi connectivity index (χ1n) is 18.3. The summed E-state index contributed by atoms with van der Waals surface area (Å²) in [6, 6.07) is 47.3. The van der Waals surface area contributed by atoms with Crippen LogP contribution < -0.4 is 5.32 Å². The maximum Gasteiger partial charge on any atom is 0.144 e. The average molecular weight is 680 g/mol. The number of hydrogen-bond acceptors (Lipinski definition) is 4. The molecule has 1 N–H and O–H groups in total. The third kappa shape index (κ3) is 4.91. The van der Waals surface area contributed by atoms with Gasteiger partial charge in [-0.05, 0) is 76.9 Å². The molecule has 0 saturated carbocycles. The second-order valence-corrected chi connectivity index (χ2v) is 14.1. The minimum Gasteiger partial charge on any atom is -0.455 e. The van der Waals surface area contributed by atoms with Gasteiger partial charge in [0.15, 0.2) is 0 Å². The lowest BCUT2D eigenvalue weighted by Crippen LogP contribution is -2.12. The van der Waals surface area contributed by atoms with Crippen molar-refractivity contribution in [3.63, 3.8) is 0 Å². The Morgan fingerprint density at radius 3 is 2.32 bits per heavy atom. The zero-order chi connectivity index (χ0) is 34.9. The molecule has 0 amide bonds. The van der Waals surface area contributed by atoms with Gasteiger partial charge in [0.05, 0.1) is 34.2 Å². The number of allylic oxidation sites excluding steroid dienone is 4. The molecule has 1 aliphatic carbocycles. The fraction of sp³-hybridized carbons (Fsp3) is 0.0612. The highest BCUT2D eigenvalue weighted by atomic mass is 16.3. The summed E-state index contributed by atoms with van der Waals surface area (Å²) in [4.78, 5) is 10.8. The van der Waals surface area contributed by atoms with E-state index in [0.29, 0.717) is 0 Å². The largest absolute Gasteiger partial charge is 0.455 e. The Balaban J connectivity index is 1.16. The van der Waals surface area contributed by atoms with E-state index >= 15 is 0 Å². The van der Waals surface area contributed by atoms with E-state index in [4.69, 9.17) is 14.4 Å². The van der Waals surface area contributed by atoms with Gasteiger partial charge >= 0.3 is 0 Å². The van der Waals surface area contributed by atoms with Gasteiger partial charge in [-0.15, -0.1) is 0 Å². The molecule has 4 heteroatoms. The molecule has 0 radical (unpaired) electrons. The monoisotopic (exact) mass is 679 g/mol. The third-order valence-corrected chi connectivity index (χ3v) is 10.9. The lowest BCUT2D eigenvalue weighted by molar-refractivity contribution is 0.670. The molecule has 2 aliphatic rings. The zero-order valence-electron chi connectivity index (χ0n) is 28.9. The predicted molar refractivity (Wildman–Crippen MR) is 221 cm³/mol. The number of para-hydroxylation sites is 1. The van der Waals surface area contributed by atoms with Crippen LogP contribution in [0.4, 0.5) is 5.69 Å². The van der Waals surface area contributed by atoms with Crippen LogP contribution in [-0.4, -0.2) is 9.97 Å². The number of nitrogens with zero attached hydrogens (tertiary/aromatic N) is 2. The van der Waals surface area contributed by atoms with E-state index in [2.05, 4.69) is 169 Å². The summed E-state index contributed by atoms with van der Waals surface area (Å²) in [6.45, 7) is 0. The summed E-state index contributed by atoms with van der Waals surface area (Å²) < 4.78 is 6.82. The number of benzene rings is 6. The summed E-state index contributed by atoms with van der Waals surface area (Å²) in [5.74, 6) is 0. The summed E-state index contributed by atoms with van der Waals surface area (Å²) >= 11 is 0. The smallest absolute Gasteiger partial charge is 0.144 e. The van der Waals surface area contributed by atoms with E-state index < -0.39 is 0 Å². The van der Waals surface area contributed by atoms with Gasteiger partial charge in [-0.2, -0.15) is 0 Å². The number of pyridine rings is 2. The molecule has 0 bridgehead atoms. The maximum atomic E-state index is 6.82. The number of fused-ring (bicyclic) bond motifs is 9. The van der Waals surface area contributed by atoms with Crippen LogP contribution in [0, 0.1) is 0 Å². The summed E-state index contributed by atoms with van der Waals surface area (Å²) in [5, 5.41) is 10.4. The molecule has 4 heterocycles. The first-order chi connectivity index (χ1) is 26.2. The van der Waals surface area contributed by atoms with Crippen molar-refractivity contribution in [1.82, 2.24) is 9.97 Å². The van der Waals surface area contributed by atoms with Gasteiger partial charge in [0.25, 0.3) is 0 Å². The Morgan fingerprint density at radius 1 is 0.623 bits per heavy atom. The van der Waals surface area contributed by atoms with E-state index in [-0.39, 0.29) is 6.04 Å². The van der Waals surface area contributed by atoms with Gasteiger partial charge in [-0.25, -0.2) is 9.97 Å². The van der Waals surface area contributed by atoms with Crippen molar-refractivity contribution in [1.29, 1.82) is 0 Å². The molecule has 0 fully saturated rings. The van der Waals surface area contributed by atoms with Gasteiger partial charge in [-0.1, -0.05) is 127 Å². The molecule has 53 heavy (non-hydrogen) atoms. The average Bonchev–Trinajstić information content (AvgIpc) is 3.61. The van der Waals surface area contributed by atoms with Crippen LogP contribution in [0.25, 0.3) is 88.7 Å². The Labute approximate surface area is 306 Å². The van der Waals surface area contributed by atoms with Gasteiger partial charge in [0, 0.05) is 38.1 Å². The van der Waals surface area contributed by atoms with Crippen LogP contribution in [0.15, 0.2) is 162 Å². The van der Waals surface area contributed by atoms with E-state index in [1.165, 1.54) is 22.1 Å². The van der Waals surface area contributed by atoms with E-state index in [1.54, 1.807) is 0 Å². The molecule has 1 atom stereocenters. The highest BCUT2D eigenvalue weighted by Gasteiger charge is 2.22. The number of furan rings is 1. The third-order valence-electron chi connectivity index (χ3n) is 10.9. The first-order valence-corrected chi connectivity index (χ1v) is 18.3. The number of rotatable bonds is 4. The second-order valence-electron chi connectivity index (χ2n) is 14.1. The molecule has 250 valence electrons. The quantitative estimate of drug-likeness (QED) is 0.188. The molecule has 3 aromatic heterocycles. The van der Waals surface area contributed by atoms with Crippen LogP contribution in [0.3, 0.4) is 0 Å².